The summed E-state index contributed by atoms with van der Waals surface area (Å²) in [5.41, 5.74) is 2.07. The van der Waals surface area contributed by atoms with Gasteiger partial charge < -0.3 is 14.4 Å². The third kappa shape index (κ3) is 3.13. The molecule has 0 bridgehead atoms. The van der Waals surface area contributed by atoms with E-state index in [0.717, 1.165) is 42.1 Å². The summed E-state index contributed by atoms with van der Waals surface area (Å²) in [4.78, 5) is 11.0. The Morgan fingerprint density at radius 3 is 2.78 bits per heavy atom. The number of anilines is 1. The minimum absolute atomic E-state index is 0.512. The Kier molecular flexibility index (Phi) is 4.08. The van der Waals surface area contributed by atoms with Crippen LogP contribution in [0.25, 0.3) is 10.2 Å². The zero-order valence-electron chi connectivity index (χ0n) is 12.6. The van der Waals surface area contributed by atoms with E-state index in [1.807, 2.05) is 30.3 Å². The smallest absolute Gasteiger partial charge is 0.235 e. The van der Waals surface area contributed by atoms with Crippen LogP contribution in [0, 0.1) is 0 Å². The first-order valence-electron chi connectivity index (χ1n) is 7.64. The van der Waals surface area contributed by atoms with Crippen molar-refractivity contribution in [2.45, 2.75) is 6.61 Å². The number of thiophene rings is 1. The van der Waals surface area contributed by atoms with E-state index in [2.05, 4.69) is 20.9 Å². The van der Waals surface area contributed by atoms with Crippen molar-refractivity contribution in [3.8, 4) is 5.88 Å². The normalized spacial score (nSPS) is 15.0. The quantitative estimate of drug-likeness (QED) is 0.737. The fourth-order valence-electron chi connectivity index (χ4n) is 2.59. The van der Waals surface area contributed by atoms with Gasteiger partial charge in [0, 0.05) is 13.1 Å². The summed E-state index contributed by atoms with van der Waals surface area (Å²) in [6.45, 7) is 3.90. The molecule has 0 N–H and O–H groups in total. The molecule has 1 saturated heterocycles. The molecule has 0 unspecified atom stereocenters. The van der Waals surface area contributed by atoms with E-state index < -0.39 is 0 Å². The molecule has 0 amide bonds. The molecule has 1 fully saturated rings. The molecule has 118 valence electrons. The number of rotatable bonds is 4. The van der Waals surface area contributed by atoms with Crippen molar-refractivity contribution in [1.29, 1.82) is 0 Å². The van der Waals surface area contributed by atoms with Gasteiger partial charge in [-0.25, -0.2) is 9.97 Å². The van der Waals surface area contributed by atoms with E-state index >= 15 is 0 Å². The zero-order valence-corrected chi connectivity index (χ0v) is 13.5. The summed E-state index contributed by atoms with van der Waals surface area (Å²) >= 11 is 1.69. The Morgan fingerprint density at radius 1 is 1.13 bits per heavy atom. The van der Waals surface area contributed by atoms with E-state index in [1.165, 1.54) is 5.00 Å². The van der Waals surface area contributed by atoms with Crippen LogP contribution in [0.5, 0.6) is 5.88 Å². The number of fused-ring (bicyclic) bond motifs is 1. The molecule has 1 aliphatic rings. The van der Waals surface area contributed by atoms with Crippen LogP contribution in [-0.2, 0) is 11.3 Å². The molecule has 0 atom stereocenters. The Labute approximate surface area is 138 Å². The van der Waals surface area contributed by atoms with E-state index in [4.69, 9.17) is 9.47 Å². The maximum Gasteiger partial charge on any atom is 0.235 e. The lowest BCUT2D eigenvalue weighted by atomic mass is 10.2. The van der Waals surface area contributed by atoms with E-state index in [0.29, 0.717) is 12.5 Å². The lowest BCUT2D eigenvalue weighted by Gasteiger charge is -2.27. The summed E-state index contributed by atoms with van der Waals surface area (Å²) < 4.78 is 12.3. The van der Waals surface area contributed by atoms with Crippen LogP contribution < -0.4 is 9.64 Å². The molecule has 23 heavy (non-hydrogen) atoms. The standard InChI is InChI=1S/C17H17N3O2S/c1-2-4-13(5-3-1)11-22-17-16-14(18-12-19-17)10-15(23-16)20-6-8-21-9-7-20/h1-5,10,12H,6-9,11H2. The fourth-order valence-corrected chi connectivity index (χ4v) is 3.69. The Bertz CT molecular complexity index is 785. The van der Waals surface area contributed by atoms with E-state index in [1.54, 1.807) is 17.7 Å². The number of aromatic nitrogens is 2. The minimum Gasteiger partial charge on any atom is -0.472 e. The highest BCUT2D eigenvalue weighted by atomic mass is 32.1. The Morgan fingerprint density at radius 2 is 1.96 bits per heavy atom. The molecule has 2 aromatic heterocycles. The first-order chi connectivity index (χ1) is 11.4. The maximum absolute atomic E-state index is 5.92. The molecule has 1 aromatic carbocycles. The van der Waals surface area contributed by atoms with Crippen molar-refractivity contribution in [2.75, 3.05) is 31.2 Å². The summed E-state index contributed by atoms with van der Waals surface area (Å²) in [6, 6.07) is 12.2. The molecule has 0 saturated carbocycles. The van der Waals surface area contributed by atoms with E-state index in [-0.39, 0.29) is 0 Å². The predicted molar refractivity (Wildman–Crippen MR) is 91.2 cm³/mol. The van der Waals surface area contributed by atoms with Gasteiger partial charge in [-0.2, -0.15) is 0 Å². The van der Waals surface area contributed by atoms with Crippen LogP contribution in [0.15, 0.2) is 42.7 Å². The largest absolute Gasteiger partial charge is 0.472 e. The maximum atomic E-state index is 5.92. The number of hydrogen-bond acceptors (Lipinski definition) is 6. The third-order valence-electron chi connectivity index (χ3n) is 3.81. The SMILES string of the molecule is c1ccc(COc2ncnc3cc(N4CCOCC4)sc23)cc1. The zero-order chi connectivity index (χ0) is 15.5. The second-order valence-electron chi connectivity index (χ2n) is 5.35. The summed E-state index contributed by atoms with van der Waals surface area (Å²) in [6.07, 6.45) is 1.57. The lowest BCUT2D eigenvalue weighted by molar-refractivity contribution is 0.123. The van der Waals surface area contributed by atoms with Crippen molar-refractivity contribution in [3.05, 3.63) is 48.3 Å². The van der Waals surface area contributed by atoms with Crippen molar-refractivity contribution in [2.24, 2.45) is 0 Å². The second-order valence-corrected chi connectivity index (χ2v) is 6.38. The molecule has 0 aliphatic carbocycles. The van der Waals surface area contributed by atoms with Crippen LogP contribution in [0.2, 0.25) is 0 Å². The van der Waals surface area contributed by atoms with Crippen LogP contribution in [0.4, 0.5) is 5.00 Å². The molecule has 3 heterocycles. The summed E-state index contributed by atoms with van der Waals surface area (Å²) in [7, 11) is 0. The molecule has 4 rings (SSSR count). The number of benzene rings is 1. The molecule has 5 nitrogen and oxygen atoms in total. The van der Waals surface area contributed by atoms with Crippen LogP contribution >= 0.6 is 11.3 Å². The first kappa shape index (κ1) is 14.4. The van der Waals surface area contributed by atoms with E-state index in [9.17, 15) is 0 Å². The summed E-state index contributed by atoms with van der Waals surface area (Å²) in [5.74, 6) is 0.656. The van der Waals surface area contributed by atoms with Crippen molar-refractivity contribution >= 4 is 26.6 Å². The van der Waals surface area contributed by atoms with Crippen LogP contribution in [0.3, 0.4) is 0 Å². The molecular formula is C17H17N3O2S. The highest BCUT2D eigenvalue weighted by Crippen LogP contribution is 2.36. The predicted octanol–water partition coefficient (Wildman–Crippen LogP) is 3.11. The second kappa shape index (κ2) is 6.52. The van der Waals surface area contributed by atoms with Gasteiger partial charge in [-0.05, 0) is 11.6 Å². The van der Waals surface area contributed by atoms with Gasteiger partial charge in [0.05, 0.1) is 23.7 Å². The highest BCUT2D eigenvalue weighted by Gasteiger charge is 2.16. The van der Waals surface area contributed by atoms with Crippen molar-refractivity contribution < 1.29 is 9.47 Å². The number of hydrogen-bond donors (Lipinski definition) is 0. The van der Waals surface area contributed by atoms with Crippen LogP contribution in [-0.4, -0.2) is 36.3 Å². The summed E-state index contributed by atoms with van der Waals surface area (Å²) in [5, 5.41) is 1.20. The molecule has 0 spiro atoms. The van der Waals surface area contributed by atoms with Gasteiger partial charge >= 0.3 is 0 Å². The number of nitrogens with zero attached hydrogens (tertiary/aromatic N) is 3. The van der Waals surface area contributed by atoms with Gasteiger partial charge in [-0.15, -0.1) is 11.3 Å². The van der Waals surface area contributed by atoms with Crippen LogP contribution in [0.1, 0.15) is 5.56 Å². The lowest BCUT2D eigenvalue weighted by Crippen LogP contribution is -2.35. The van der Waals surface area contributed by atoms with Gasteiger partial charge in [0.25, 0.3) is 0 Å². The average Bonchev–Trinajstić information content (AvgIpc) is 3.06. The minimum atomic E-state index is 0.512. The molecule has 3 aromatic rings. The molecule has 6 heteroatoms. The van der Waals surface area contributed by atoms with Gasteiger partial charge in [-0.1, -0.05) is 30.3 Å². The third-order valence-corrected chi connectivity index (χ3v) is 4.98. The Balaban J connectivity index is 1.58. The molecule has 0 radical (unpaired) electrons. The van der Waals surface area contributed by atoms with Crippen molar-refractivity contribution in [3.63, 3.8) is 0 Å². The highest BCUT2D eigenvalue weighted by molar-refractivity contribution is 7.23. The van der Waals surface area contributed by atoms with Gasteiger partial charge in [0.2, 0.25) is 5.88 Å². The average molecular weight is 327 g/mol. The van der Waals surface area contributed by atoms with Gasteiger partial charge in [0.15, 0.2) is 0 Å². The molecular weight excluding hydrogens is 310 g/mol. The van der Waals surface area contributed by atoms with Gasteiger partial charge in [-0.3, -0.25) is 0 Å². The fraction of sp³-hybridized carbons (Fsp3) is 0.294. The molecule has 1 aliphatic heterocycles. The number of ether oxygens (including phenoxy) is 2. The van der Waals surface area contributed by atoms with Gasteiger partial charge in [0.1, 0.15) is 17.6 Å². The topological polar surface area (TPSA) is 47.5 Å². The first-order valence-corrected chi connectivity index (χ1v) is 8.46. The number of morpholine rings is 1. The monoisotopic (exact) mass is 327 g/mol. The van der Waals surface area contributed by atoms with Crippen molar-refractivity contribution in [1.82, 2.24) is 9.97 Å². The Hall–Kier alpha value is -2.18.